The summed E-state index contributed by atoms with van der Waals surface area (Å²) >= 11 is 4.93. The van der Waals surface area contributed by atoms with E-state index in [0.29, 0.717) is 5.11 Å². The molecule has 1 heterocycles. The lowest BCUT2D eigenvalue weighted by molar-refractivity contribution is -0.120. The summed E-state index contributed by atoms with van der Waals surface area (Å²) in [6.45, 7) is 6.13. The second-order valence-electron chi connectivity index (χ2n) is 4.19. The molecule has 0 spiro atoms. The van der Waals surface area contributed by atoms with Gasteiger partial charge in [-0.1, -0.05) is 12.1 Å². The van der Waals surface area contributed by atoms with E-state index >= 15 is 0 Å². The number of nitrogens with one attached hydrogen (secondary N) is 2. The third-order valence-electron chi connectivity index (χ3n) is 2.97. The van der Waals surface area contributed by atoms with Gasteiger partial charge in [0.1, 0.15) is 6.04 Å². The van der Waals surface area contributed by atoms with Gasteiger partial charge in [-0.15, -0.1) is 0 Å². The maximum absolute atomic E-state index is 11.7. The van der Waals surface area contributed by atoms with Gasteiger partial charge in [-0.3, -0.25) is 4.79 Å². The second-order valence-corrected chi connectivity index (χ2v) is 4.60. The Labute approximate surface area is 100 Å². The molecule has 1 aliphatic rings. The summed E-state index contributed by atoms with van der Waals surface area (Å²) in [6, 6.07) is 3.81. The van der Waals surface area contributed by atoms with Crippen molar-refractivity contribution in [1.82, 2.24) is 10.6 Å². The van der Waals surface area contributed by atoms with Crippen LogP contribution in [0.5, 0.6) is 0 Å². The molecule has 0 bridgehead atoms. The molecule has 1 aromatic carbocycles. The van der Waals surface area contributed by atoms with Gasteiger partial charge < -0.3 is 10.6 Å². The summed E-state index contributed by atoms with van der Waals surface area (Å²) in [4.78, 5) is 11.7. The van der Waals surface area contributed by atoms with E-state index in [9.17, 15) is 4.79 Å². The van der Waals surface area contributed by atoms with Gasteiger partial charge in [0.05, 0.1) is 0 Å². The predicted octanol–water partition coefficient (Wildman–Crippen LogP) is 1.66. The van der Waals surface area contributed by atoms with Gasteiger partial charge >= 0.3 is 0 Å². The zero-order chi connectivity index (χ0) is 11.9. The van der Waals surface area contributed by atoms with Gasteiger partial charge in [0.25, 0.3) is 5.91 Å². The molecule has 4 heteroatoms. The van der Waals surface area contributed by atoms with E-state index in [2.05, 4.69) is 29.7 Å². The molecule has 1 unspecified atom stereocenters. The lowest BCUT2D eigenvalue weighted by Crippen LogP contribution is -2.21. The van der Waals surface area contributed by atoms with Crippen LogP contribution in [-0.4, -0.2) is 11.0 Å². The Balaban J connectivity index is 2.45. The van der Waals surface area contributed by atoms with Crippen LogP contribution >= 0.6 is 12.2 Å². The van der Waals surface area contributed by atoms with Crippen LogP contribution in [0.4, 0.5) is 0 Å². The van der Waals surface area contributed by atoms with Crippen LogP contribution in [0.3, 0.4) is 0 Å². The normalized spacial score (nSPS) is 19.6. The molecular formula is C12H14N2OS. The van der Waals surface area contributed by atoms with Crippen molar-refractivity contribution < 1.29 is 4.79 Å². The first-order chi connectivity index (χ1) is 7.49. The molecule has 1 aromatic rings. The molecule has 1 saturated heterocycles. The summed E-state index contributed by atoms with van der Waals surface area (Å²) in [7, 11) is 0. The minimum Gasteiger partial charge on any atom is -0.347 e. The molecule has 84 valence electrons. The highest BCUT2D eigenvalue weighted by Gasteiger charge is 2.29. The number of hydrogen-bond acceptors (Lipinski definition) is 2. The lowest BCUT2D eigenvalue weighted by atomic mass is 9.96. The third-order valence-corrected chi connectivity index (χ3v) is 3.19. The molecule has 0 saturated carbocycles. The van der Waals surface area contributed by atoms with Crippen molar-refractivity contribution in [3.63, 3.8) is 0 Å². The number of benzene rings is 1. The molecule has 2 N–H and O–H groups in total. The molecule has 2 rings (SSSR count). The topological polar surface area (TPSA) is 41.1 Å². The molecule has 1 aliphatic heterocycles. The number of carbonyl (C=O) groups is 1. The number of amides is 1. The first kappa shape index (κ1) is 11.1. The molecule has 16 heavy (non-hydrogen) atoms. The van der Waals surface area contributed by atoms with Gasteiger partial charge in [-0.2, -0.15) is 0 Å². The van der Waals surface area contributed by atoms with Crippen LogP contribution in [0.15, 0.2) is 12.1 Å². The molecule has 0 aliphatic carbocycles. The van der Waals surface area contributed by atoms with Crippen LogP contribution in [0.25, 0.3) is 0 Å². The van der Waals surface area contributed by atoms with Gasteiger partial charge in [-0.25, -0.2) is 0 Å². The van der Waals surface area contributed by atoms with Crippen molar-refractivity contribution in [2.75, 3.05) is 0 Å². The van der Waals surface area contributed by atoms with Gasteiger partial charge in [0, 0.05) is 0 Å². The lowest BCUT2D eigenvalue weighted by Gasteiger charge is -2.14. The largest absolute Gasteiger partial charge is 0.347 e. The number of carbonyl (C=O) groups excluding carboxylic acids is 1. The Bertz CT molecular complexity index is 482. The Morgan fingerprint density at radius 1 is 1.12 bits per heavy atom. The highest BCUT2D eigenvalue weighted by molar-refractivity contribution is 7.80. The Morgan fingerprint density at radius 3 is 2.31 bits per heavy atom. The fourth-order valence-corrected chi connectivity index (χ4v) is 2.15. The van der Waals surface area contributed by atoms with Gasteiger partial charge in [0.2, 0.25) is 0 Å². The summed E-state index contributed by atoms with van der Waals surface area (Å²) in [5.41, 5.74) is 4.54. The summed E-state index contributed by atoms with van der Waals surface area (Å²) in [5, 5.41) is 6.00. The van der Waals surface area contributed by atoms with Gasteiger partial charge in [-0.05, 0) is 55.2 Å². The number of aryl methyl sites for hydroxylation is 3. The summed E-state index contributed by atoms with van der Waals surface area (Å²) in [5.74, 6) is -0.0728. The maximum atomic E-state index is 11.7. The standard InChI is InChI=1S/C12H14N2OS/c1-6-4-8(3)9(5-7(6)2)10-11(15)14-12(16)13-10/h4-5,10H,1-3H3,(H2,13,14,15,16). The Hall–Kier alpha value is -1.42. The van der Waals surface area contributed by atoms with E-state index in [1.165, 1.54) is 11.1 Å². The Kier molecular flexibility index (Phi) is 2.68. The van der Waals surface area contributed by atoms with Crippen molar-refractivity contribution >= 4 is 23.2 Å². The van der Waals surface area contributed by atoms with Crippen molar-refractivity contribution in [2.24, 2.45) is 0 Å². The molecular weight excluding hydrogens is 220 g/mol. The average Bonchev–Trinajstić information content (AvgIpc) is 2.51. The second kappa shape index (κ2) is 3.87. The molecule has 1 atom stereocenters. The SMILES string of the molecule is Cc1cc(C)c(C2NC(=S)NC2=O)cc1C. The van der Waals surface area contributed by atoms with Crippen LogP contribution in [0, 0.1) is 20.8 Å². The monoisotopic (exact) mass is 234 g/mol. The van der Waals surface area contributed by atoms with Crippen LogP contribution < -0.4 is 10.6 Å². The molecule has 3 nitrogen and oxygen atoms in total. The molecule has 1 amide bonds. The van der Waals surface area contributed by atoms with Crippen LogP contribution in [0.2, 0.25) is 0 Å². The number of hydrogen-bond donors (Lipinski definition) is 2. The van der Waals surface area contributed by atoms with Crippen molar-refractivity contribution in [3.05, 3.63) is 34.4 Å². The van der Waals surface area contributed by atoms with Crippen molar-refractivity contribution in [2.45, 2.75) is 26.8 Å². The average molecular weight is 234 g/mol. The van der Waals surface area contributed by atoms with Crippen LogP contribution in [-0.2, 0) is 4.79 Å². The minimum atomic E-state index is -0.341. The maximum Gasteiger partial charge on any atom is 0.253 e. The fraction of sp³-hybridized carbons (Fsp3) is 0.333. The van der Waals surface area contributed by atoms with E-state index in [4.69, 9.17) is 12.2 Å². The molecule has 0 radical (unpaired) electrons. The zero-order valence-electron chi connectivity index (χ0n) is 9.55. The third kappa shape index (κ3) is 1.80. The zero-order valence-corrected chi connectivity index (χ0v) is 10.4. The highest BCUT2D eigenvalue weighted by atomic mass is 32.1. The van der Waals surface area contributed by atoms with Crippen LogP contribution in [0.1, 0.15) is 28.3 Å². The fourth-order valence-electron chi connectivity index (χ4n) is 1.93. The highest BCUT2D eigenvalue weighted by Crippen LogP contribution is 2.23. The summed E-state index contributed by atoms with van der Waals surface area (Å²) in [6.07, 6.45) is 0. The van der Waals surface area contributed by atoms with Gasteiger partial charge in [0.15, 0.2) is 5.11 Å². The van der Waals surface area contributed by atoms with Crippen molar-refractivity contribution in [3.8, 4) is 0 Å². The van der Waals surface area contributed by atoms with E-state index < -0.39 is 0 Å². The quantitative estimate of drug-likeness (QED) is 0.726. The molecule has 1 fully saturated rings. The first-order valence-corrected chi connectivity index (χ1v) is 5.59. The van der Waals surface area contributed by atoms with E-state index in [1.807, 2.05) is 13.8 Å². The molecule has 0 aromatic heterocycles. The Morgan fingerprint density at radius 2 is 1.75 bits per heavy atom. The van der Waals surface area contributed by atoms with E-state index in [0.717, 1.165) is 11.1 Å². The number of rotatable bonds is 1. The minimum absolute atomic E-state index is 0.0728. The van der Waals surface area contributed by atoms with E-state index in [-0.39, 0.29) is 11.9 Å². The van der Waals surface area contributed by atoms with E-state index in [1.54, 1.807) is 0 Å². The van der Waals surface area contributed by atoms with Crippen molar-refractivity contribution in [1.29, 1.82) is 0 Å². The smallest absolute Gasteiger partial charge is 0.253 e. The predicted molar refractivity (Wildman–Crippen MR) is 67.3 cm³/mol. The number of thiocarbonyl (C=S) groups is 1. The first-order valence-electron chi connectivity index (χ1n) is 5.18. The summed E-state index contributed by atoms with van der Waals surface area (Å²) < 4.78 is 0.